The fourth-order valence-corrected chi connectivity index (χ4v) is 2.54. The molecular weight excluding hydrogens is 307 g/mol. The lowest BCUT2D eigenvalue weighted by Gasteiger charge is -2.18. The Morgan fingerprint density at radius 1 is 1.56 bits per heavy atom. The molecule has 2 N–H and O–H groups in total. The molecule has 92 valence electrons. The number of hydrogen-bond acceptors (Lipinski definition) is 3. The van der Waals surface area contributed by atoms with Gasteiger partial charge in [0, 0.05) is 27.3 Å². The molecule has 0 spiro atoms. The van der Waals surface area contributed by atoms with Gasteiger partial charge in [0.2, 0.25) is 0 Å². The molecule has 0 fully saturated rings. The highest BCUT2D eigenvalue weighted by Crippen LogP contribution is 2.26. The van der Waals surface area contributed by atoms with Crippen molar-refractivity contribution in [1.82, 2.24) is 5.32 Å². The van der Waals surface area contributed by atoms with Gasteiger partial charge in [0.05, 0.1) is 0 Å². The third kappa shape index (κ3) is 4.04. The Bertz CT molecular complexity index is 342. The SMILES string of the molecule is CC(NCC(O)C(F)(F)F)c1cc(Br)cs1. The number of hydrogen-bond donors (Lipinski definition) is 2. The van der Waals surface area contributed by atoms with Gasteiger partial charge in [-0.3, -0.25) is 0 Å². The van der Waals surface area contributed by atoms with Crippen LogP contribution in [0.2, 0.25) is 0 Å². The molecule has 0 bridgehead atoms. The molecule has 0 aliphatic rings. The topological polar surface area (TPSA) is 32.3 Å². The number of aliphatic hydroxyl groups is 1. The highest BCUT2D eigenvalue weighted by Gasteiger charge is 2.37. The van der Waals surface area contributed by atoms with E-state index in [9.17, 15) is 13.2 Å². The molecule has 16 heavy (non-hydrogen) atoms. The zero-order chi connectivity index (χ0) is 12.3. The third-order valence-corrected chi connectivity index (χ3v) is 3.89. The number of nitrogens with one attached hydrogen (secondary N) is 1. The number of alkyl halides is 3. The van der Waals surface area contributed by atoms with Gasteiger partial charge in [0.25, 0.3) is 0 Å². The molecule has 2 nitrogen and oxygen atoms in total. The Hall–Kier alpha value is -0.110. The quantitative estimate of drug-likeness (QED) is 0.894. The molecule has 0 saturated heterocycles. The standard InChI is InChI=1S/C9H11BrF3NOS/c1-5(7-2-6(10)4-16-7)14-3-8(15)9(11,12)13/h2,4-5,8,14-15H,3H2,1H3. The van der Waals surface area contributed by atoms with Gasteiger partial charge < -0.3 is 10.4 Å². The van der Waals surface area contributed by atoms with Crippen molar-refractivity contribution in [1.29, 1.82) is 0 Å². The smallest absolute Gasteiger partial charge is 0.382 e. The monoisotopic (exact) mass is 317 g/mol. The lowest BCUT2D eigenvalue weighted by Crippen LogP contribution is -2.39. The third-order valence-electron chi connectivity index (χ3n) is 2.01. The van der Waals surface area contributed by atoms with Gasteiger partial charge in [0.15, 0.2) is 6.10 Å². The molecular formula is C9H11BrF3NOS. The first-order valence-electron chi connectivity index (χ1n) is 4.53. The fourth-order valence-electron chi connectivity index (χ4n) is 1.06. The van der Waals surface area contributed by atoms with Crippen LogP contribution in [0.15, 0.2) is 15.9 Å². The number of thiophene rings is 1. The summed E-state index contributed by atoms with van der Waals surface area (Å²) in [6.45, 7) is 1.25. The summed E-state index contributed by atoms with van der Waals surface area (Å²) >= 11 is 4.71. The van der Waals surface area contributed by atoms with Crippen molar-refractivity contribution < 1.29 is 18.3 Å². The van der Waals surface area contributed by atoms with Gasteiger partial charge in [0.1, 0.15) is 0 Å². The van der Waals surface area contributed by atoms with Gasteiger partial charge >= 0.3 is 6.18 Å². The fraction of sp³-hybridized carbons (Fsp3) is 0.556. The van der Waals surface area contributed by atoms with E-state index < -0.39 is 18.8 Å². The maximum atomic E-state index is 12.0. The minimum Gasteiger partial charge on any atom is -0.382 e. The predicted octanol–water partition coefficient (Wildman–Crippen LogP) is 3.08. The van der Waals surface area contributed by atoms with E-state index in [2.05, 4.69) is 21.2 Å². The molecule has 0 aromatic carbocycles. The molecule has 1 aromatic rings. The molecule has 0 amide bonds. The van der Waals surface area contributed by atoms with E-state index >= 15 is 0 Å². The first kappa shape index (κ1) is 14.0. The second kappa shape index (κ2) is 5.48. The maximum Gasteiger partial charge on any atom is 0.415 e. The Balaban J connectivity index is 2.44. The van der Waals surface area contributed by atoms with Gasteiger partial charge in [-0.2, -0.15) is 13.2 Å². The van der Waals surface area contributed by atoms with Crippen LogP contribution in [0, 0.1) is 0 Å². The maximum absolute atomic E-state index is 12.0. The highest BCUT2D eigenvalue weighted by atomic mass is 79.9. The van der Waals surface area contributed by atoms with E-state index in [4.69, 9.17) is 5.11 Å². The van der Waals surface area contributed by atoms with Crippen LogP contribution in [-0.2, 0) is 0 Å². The molecule has 7 heteroatoms. The number of aliphatic hydroxyl groups excluding tert-OH is 1. The van der Waals surface area contributed by atoms with Gasteiger partial charge in [-0.25, -0.2) is 0 Å². The van der Waals surface area contributed by atoms with Gasteiger partial charge in [-0.05, 0) is 28.9 Å². The van der Waals surface area contributed by atoms with E-state index in [0.29, 0.717) is 0 Å². The Morgan fingerprint density at radius 3 is 2.62 bits per heavy atom. The largest absolute Gasteiger partial charge is 0.415 e. The molecule has 0 aliphatic heterocycles. The van der Waals surface area contributed by atoms with E-state index in [0.717, 1.165) is 9.35 Å². The summed E-state index contributed by atoms with van der Waals surface area (Å²) in [4.78, 5) is 0.918. The first-order chi connectivity index (χ1) is 7.30. The van der Waals surface area contributed by atoms with Crippen LogP contribution >= 0.6 is 27.3 Å². The van der Waals surface area contributed by atoms with E-state index in [1.165, 1.54) is 11.3 Å². The molecule has 1 heterocycles. The minimum atomic E-state index is -4.57. The van der Waals surface area contributed by atoms with E-state index in [1.54, 1.807) is 6.92 Å². The average molecular weight is 318 g/mol. The predicted molar refractivity (Wildman–Crippen MR) is 60.5 cm³/mol. The van der Waals surface area contributed by atoms with Crippen LogP contribution in [0.25, 0.3) is 0 Å². The minimum absolute atomic E-state index is 0.215. The van der Waals surface area contributed by atoms with Crippen LogP contribution < -0.4 is 5.32 Å². The summed E-state index contributed by atoms with van der Waals surface area (Å²) in [6, 6.07) is 1.62. The zero-order valence-corrected chi connectivity index (χ0v) is 10.8. The van der Waals surface area contributed by atoms with Crippen molar-refractivity contribution in [2.75, 3.05) is 6.54 Å². The lowest BCUT2D eigenvalue weighted by molar-refractivity contribution is -0.202. The highest BCUT2D eigenvalue weighted by molar-refractivity contribution is 9.10. The molecule has 0 saturated carbocycles. The molecule has 0 radical (unpaired) electrons. The Morgan fingerprint density at radius 2 is 2.19 bits per heavy atom. The summed E-state index contributed by atoms with van der Waals surface area (Å²) in [6.07, 6.45) is -6.89. The second-order valence-electron chi connectivity index (χ2n) is 3.35. The summed E-state index contributed by atoms with van der Waals surface area (Å²) in [5, 5.41) is 13.3. The van der Waals surface area contributed by atoms with Gasteiger partial charge in [-0.1, -0.05) is 0 Å². The normalized spacial score (nSPS) is 16.1. The van der Waals surface area contributed by atoms with Crippen molar-refractivity contribution in [3.8, 4) is 0 Å². The summed E-state index contributed by atoms with van der Waals surface area (Å²) in [5.41, 5.74) is 0. The van der Waals surface area contributed by atoms with Crippen molar-refractivity contribution in [2.24, 2.45) is 0 Å². The van der Waals surface area contributed by atoms with E-state index in [1.807, 2.05) is 11.4 Å². The van der Waals surface area contributed by atoms with Crippen LogP contribution in [0.4, 0.5) is 13.2 Å². The Kier molecular flexibility index (Phi) is 4.78. The summed E-state index contributed by atoms with van der Waals surface area (Å²) in [7, 11) is 0. The molecule has 2 unspecified atom stereocenters. The van der Waals surface area contributed by atoms with Crippen molar-refractivity contribution in [2.45, 2.75) is 25.2 Å². The molecule has 1 aromatic heterocycles. The van der Waals surface area contributed by atoms with Crippen LogP contribution in [0.1, 0.15) is 17.8 Å². The summed E-state index contributed by atoms with van der Waals surface area (Å²) < 4.78 is 36.9. The number of halogens is 4. The van der Waals surface area contributed by atoms with Crippen LogP contribution in [0.5, 0.6) is 0 Å². The van der Waals surface area contributed by atoms with Crippen molar-refractivity contribution in [3.05, 3.63) is 20.8 Å². The van der Waals surface area contributed by atoms with Crippen LogP contribution in [-0.4, -0.2) is 23.9 Å². The van der Waals surface area contributed by atoms with Crippen LogP contribution in [0.3, 0.4) is 0 Å². The molecule has 0 aliphatic carbocycles. The second-order valence-corrected chi connectivity index (χ2v) is 5.21. The first-order valence-corrected chi connectivity index (χ1v) is 6.20. The molecule has 1 rings (SSSR count). The lowest BCUT2D eigenvalue weighted by atomic mass is 10.2. The Labute approximate surface area is 104 Å². The molecule has 2 atom stereocenters. The van der Waals surface area contributed by atoms with Crippen molar-refractivity contribution >= 4 is 27.3 Å². The van der Waals surface area contributed by atoms with Gasteiger partial charge in [-0.15, -0.1) is 11.3 Å². The van der Waals surface area contributed by atoms with Crippen molar-refractivity contribution in [3.63, 3.8) is 0 Å². The summed E-state index contributed by atoms with van der Waals surface area (Å²) in [5.74, 6) is 0. The zero-order valence-electron chi connectivity index (χ0n) is 8.38. The number of rotatable bonds is 4. The van der Waals surface area contributed by atoms with E-state index in [-0.39, 0.29) is 6.04 Å². The average Bonchev–Trinajstić information content (AvgIpc) is 2.59.